The number of hydrogen-bond acceptors (Lipinski definition) is 7. The van der Waals surface area contributed by atoms with E-state index in [1.807, 2.05) is 0 Å². The summed E-state index contributed by atoms with van der Waals surface area (Å²) in [4.78, 5) is 30.8. The predicted molar refractivity (Wildman–Crippen MR) is 107 cm³/mol. The van der Waals surface area contributed by atoms with Crippen LogP contribution >= 0.6 is 35.3 Å². The maximum atomic E-state index is 12.1. The van der Waals surface area contributed by atoms with E-state index in [1.54, 1.807) is 13.8 Å². The van der Waals surface area contributed by atoms with E-state index < -0.39 is 5.97 Å². The number of aromatic nitrogens is 1. The molecule has 0 bridgehead atoms. The Morgan fingerprint density at radius 3 is 2.92 bits per heavy atom. The third-order valence-electron chi connectivity index (χ3n) is 3.87. The first-order chi connectivity index (χ1) is 11.9. The summed E-state index contributed by atoms with van der Waals surface area (Å²) in [5, 5.41) is 3.14. The third-order valence-corrected chi connectivity index (χ3v) is 6.40. The van der Waals surface area contributed by atoms with Gasteiger partial charge >= 0.3 is 5.97 Å². The van der Waals surface area contributed by atoms with Gasteiger partial charge in [0.15, 0.2) is 5.13 Å². The smallest absolute Gasteiger partial charge is 0.350 e. The molecule has 9 heteroatoms. The van der Waals surface area contributed by atoms with Crippen molar-refractivity contribution in [2.24, 2.45) is 0 Å². The lowest BCUT2D eigenvalue weighted by atomic mass is 10.1. The zero-order valence-electron chi connectivity index (χ0n) is 14.7. The molecule has 0 aliphatic carbocycles. The molecule has 1 N–H and O–H groups in total. The molecule has 2 heterocycles. The number of ether oxygens (including phenoxy) is 1. The van der Waals surface area contributed by atoms with Gasteiger partial charge < -0.3 is 15.0 Å². The van der Waals surface area contributed by atoms with Crippen LogP contribution in [0, 0.1) is 6.92 Å². The number of piperidine rings is 1. The van der Waals surface area contributed by atoms with Crippen molar-refractivity contribution in [1.29, 1.82) is 0 Å². The van der Waals surface area contributed by atoms with Crippen LogP contribution in [0.5, 0.6) is 0 Å². The number of nitrogens with zero attached hydrogens (tertiary/aromatic N) is 2. The molecule has 0 unspecified atom stereocenters. The Bertz CT molecular complexity index is 648. The van der Waals surface area contributed by atoms with Crippen molar-refractivity contribution in [2.75, 3.05) is 24.2 Å². The topological polar surface area (TPSA) is 71.5 Å². The number of thiazole rings is 1. The summed E-state index contributed by atoms with van der Waals surface area (Å²) in [5.41, 5.74) is 0.559. The quantitative estimate of drug-likeness (QED) is 0.598. The second-order valence-corrected chi connectivity index (χ2v) is 8.40. The number of likely N-dealkylation sites (tertiary alicyclic amines) is 1. The van der Waals surface area contributed by atoms with Gasteiger partial charge in [-0.3, -0.25) is 4.79 Å². The molecular weight excluding hydrogens is 378 g/mol. The van der Waals surface area contributed by atoms with E-state index in [-0.39, 0.29) is 11.7 Å². The van der Waals surface area contributed by atoms with E-state index in [0.29, 0.717) is 28.4 Å². The Kier molecular flexibility index (Phi) is 7.64. The molecule has 0 radical (unpaired) electrons. The number of rotatable bonds is 5. The molecule has 1 atom stereocenters. The van der Waals surface area contributed by atoms with E-state index in [1.165, 1.54) is 18.2 Å². The van der Waals surface area contributed by atoms with Gasteiger partial charge in [0, 0.05) is 12.6 Å². The summed E-state index contributed by atoms with van der Waals surface area (Å²) in [5.74, 6) is -0.357. The zero-order chi connectivity index (χ0) is 18.4. The van der Waals surface area contributed by atoms with Gasteiger partial charge in [0.05, 0.1) is 18.1 Å². The summed E-state index contributed by atoms with van der Waals surface area (Å²) in [7, 11) is 0. The highest BCUT2D eigenvalue weighted by Gasteiger charge is 2.22. The summed E-state index contributed by atoms with van der Waals surface area (Å²) < 4.78 is 5.74. The number of nitrogens with one attached hydrogen (secondary N) is 1. The second kappa shape index (κ2) is 9.49. The molecule has 2 rings (SSSR count). The van der Waals surface area contributed by atoms with Gasteiger partial charge in [-0.25, -0.2) is 9.78 Å². The van der Waals surface area contributed by atoms with E-state index in [0.717, 1.165) is 35.0 Å². The van der Waals surface area contributed by atoms with Gasteiger partial charge in [-0.15, -0.1) is 0 Å². The fourth-order valence-electron chi connectivity index (χ4n) is 2.57. The molecule has 138 valence electrons. The monoisotopic (exact) mass is 401 g/mol. The Morgan fingerprint density at radius 1 is 1.48 bits per heavy atom. The molecule has 0 spiro atoms. The number of anilines is 1. The number of thioether (sulfide) groups is 1. The first-order valence-corrected chi connectivity index (χ1v) is 10.5. The normalized spacial score (nSPS) is 17.2. The first kappa shape index (κ1) is 20.1. The molecule has 1 amide bonds. The van der Waals surface area contributed by atoms with E-state index in [4.69, 9.17) is 17.0 Å². The summed E-state index contributed by atoms with van der Waals surface area (Å²) in [6.07, 6.45) is 3.52. The van der Waals surface area contributed by atoms with Crippen LogP contribution < -0.4 is 5.32 Å². The Morgan fingerprint density at radius 2 is 2.24 bits per heavy atom. The molecule has 1 aliphatic heterocycles. The number of hydrogen-bond donors (Lipinski definition) is 1. The average molecular weight is 402 g/mol. The summed E-state index contributed by atoms with van der Waals surface area (Å²) in [6, 6.07) is 0.436. The highest BCUT2D eigenvalue weighted by molar-refractivity contribution is 8.23. The minimum atomic E-state index is -0.410. The lowest BCUT2D eigenvalue weighted by Gasteiger charge is -2.34. The average Bonchev–Trinajstić information content (AvgIpc) is 2.93. The molecule has 0 saturated carbocycles. The highest BCUT2D eigenvalue weighted by Crippen LogP contribution is 2.24. The van der Waals surface area contributed by atoms with Crippen LogP contribution in [0.25, 0.3) is 0 Å². The molecule has 25 heavy (non-hydrogen) atoms. The Balaban J connectivity index is 1.85. The SMILES string of the molecule is CCOC(=O)c1sc(NC(=O)CSC(=S)N2CCCC[C@H]2C)nc1C. The van der Waals surface area contributed by atoms with Crippen LogP contribution in [0.15, 0.2) is 0 Å². The van der Waals surface area contributed by atoms with Crippen LogP contribution in [0.2, 0.25) is 0 Å². The van der Waals surface area contributed by atoms with Crippen LogP contribution in [-0.4, -0.2) is 51.0 Å². The molecule has 1 aromatic heterocycles. The minimum absolute atomic E-state index is 0.179. The van der Waals surface area contributed by atoms with Gasteiger partial charge in [0.2, 0.25) is 5.91 Å². The second-order valence-electron chi connectivity index (χ2n) is 5.79. The lowest BCUT2D eigenvalue weighted by Crippen LogP contribution is -2.40. The van der Waals surface area contributed by atoms with Gasteiger partial charge in [0.1, 0.15) is 9.20 Å². The lowest BCUT2D eigenvalue weighted by molar-refractivity contribution is -0.113. The Hall–Kier alpha value is -1.19. The largest absolute Gasteiger partial charge is 0.462 e. The highest BCUT2D eigenvalue weighted by atomic mass is 32.2. The van der Waals surface area contributed by atoms with Crippen molar-refractivity contribution in [3.8, 4) is 0 Å². The standard InChI is InChI=1S/C16H23N3O3S3/c1-4-22-14(21)13-11(3)17-15(25-13)18-12(20)9-24-16(23)19-8-6-5-7-10(19)2/h10H,4-9H2,1-3H3,(H,17,18,20)/t10-/m1/s1. The van der Waals surface area contributed by atoms with Crippen LogP contribution in [0.4, 0.5) is 5.13 Å². The molecular formula is C16H23N3O3S3. The first-order valence-electron chi connectivity index (χ1n) is 8.30. The van der Waals surface area contributed by atoms with E-state index >= 15 is 0 Å². The van der Waals surface area contributed by atoms with Crippen molar-refractivity contribution >= 4 is 56.6 Å². The molecule has 6 nitrogen and oxygen atoms in total. The third kappa shape index (κ3) is 5.65. The molecule has 1 fully saturated rings. The number of amides is 1. The van der Waals surface area contributed by atoms with Crippen LogP contribution in [0.1, 0.15) is 48.5 Å². The van der Waals surface area contributed by atoms with Crippen molar-refractivity contribution < 1.29 is 14.3 Å². The van der Waals surface area contributed by atoms with Crippen LogP contribution in [0.3, 0.4) is 0 Å². The molecule has 1 aliphatic rings. The number of carbonyl (C=O) groups excluding carboxylic acids is 2. The number of aryl methyl sites for hydroxylation is 1. The molecule has 1 saturated heterocycles. The summed E-state index contributed by atoms with van der Waals surface area (Å²) in [6.45, 7) is 6.91. The fraction of sp³-hybridized carbons (Fsp3) is 0.625. The minimum Gasteiger partial charge on any atom is -0.462 e. The fourth-order valence-corrected chi connectivity index (χ4v) is 4.66. The molecule has 0 aromatic carbocycles. The maximum Gasteiger partial charge on any atom is 0.350 e. The van der Waals surface area contributed by atoms with Crippen molar-refractivity contribution in [3.05, 3.63) is 10.6 Å². The van der Waals surface area contributed by atoms with Gasteiger partial charge in [-0.1, -0.05) is 35.3 Å². The predicted octanol–water partition coefficient (Wildman–Crippen LogP) is 3.46. The van der Waals surface area contributed by atoms with Gasteiger partial charge in [0.25, 0.3) is 0 Å². The Labute approximate surface area is 161 Å². The van der Waals surface area contributed by atoms with Crippen molar-refractivity contribution in [2.45, 2.75) is 46.1 Å². The van der Waals surface area contributed by atoms with Gasteiger partial charge in [-0.2, -0.15) is 0 Å². The van der Waals surface area contributed by atoms with E-state index in [2.05, 4.69) is 22.1 Å². The maximum absolute atomic E-state index is 12.1. The number of carbonyl (C=O) groups is 2. The van der Waals surface area contributed by atoms with Gasteiger partial charge in [-0.05, 0) is 40.0 Å². The van der Waals surface area contributed by atoms with E-state index in [9.17, 15) is 9.59 Å². The number of thiocarbonyl (C=S) groups is 1. The zero-order valence-corrected chi connectivity index (χ0v) is 17.1. The molecule has 1 aromatic rings. The van der Waals surface area contributed by atoms with Crippen molar-refractivity contribution in [1.82, 2.24) is 9.88 Å². The summed E-state index contributed by atoms with van der Waals surface area (Å²) >= 11 is 7.96. The van der Waals surface area contributed by atoms with Crippen LogP contribution in [-0.2, 0) is 9.53 Å². The van der Waals surface area contributed by atoms with Crippen molar-refractivity contribution in [3.63, 3.8) is 0 Å². The number of esters is 1.